The smallest absolute Gasteiger partial charge is 0.342 e. The number of ether oxygens (including phenoxy) is 3. The van der Waals surface area contributed by atoms with Crippen LogP contribution in [0.1, 0.15) is 20.7 Å². The second kappa shape index (κ2) is 11.1. The second-order valence-corrected chi connectivity index (χ2v) is 7.48. The average molecular weight is 498 g/mol. The summed E-state index contributed by atoms with van der Waals surface area (Å²) in [6.07, 6.45) is 0. The Morgan fingerprint density at radius 1 is 0.875 bits per heavy atom. The van der Waals surface area contributed by atoms with E-state index in [4.69, 9.17) is 14.2 Å². The van der Waals surface area contributed by atoms with Gasteiger partial charge in [0.1, 0.15) is 17.1 Å². The Morgan fingerprint density at radius 2 is 1.56 bits per heavy atom. The lowest BCUT2D eigenvalue weighted by Gasteiger charge is -2.11. The van der Waals surface area contributed by atoms with E-state index in [0.717, 1.165) is 4.47 Å². The van der Waals surface area contributed by atoms with E-state index in [-0.39, 0.29) is 29.6 Å². The lowest BCUT2D eigenvalue weighted by Crippen LogP contribution is -2.21. The van der Waals surface area contributed by atoms with Gasteiger partial charge in [-0.15, -0.1) is 0 Å². The Labute approximate surface area is 193 Å². The summed E-state index contributed by atoms with van der Waals surface area (Å²) in [5.74, 6) is -0.664. The van der Waals surface area contributed by atoms with Crippen LogP contribution in [0.5, 0.6) is 11.5 Å². The Bertz CT molecular complexity index is 1100. The zero-order valence-electron chi connectivity index (χ0n) is 17.2. The molecule has 0 spiro atoms. The molecule has 0 aliphatic heterocycles. The molecule has 0 radical (unpaired) electrons. The van der Waals surface area contributed by atoms with Gasteiger partial charge in [-0.3, -0.25) is 9.59 Å². The van der Waals surface area contributed by atoms with Crippen molar-refractivity contribution in [3.05, 3.63) is 88.4 Å². The minimum Gasteiger partial charge on any atom is -0.497 e. The summed E-state index contributed by atoms with van der Waals surface area (Å²) in [7, 11) is 1.53. The maximum absolute atomic E-state index is 12.5. The van der Waals surface area contributed by atoms with Crippen LogP contribution in [0.25, 0.3) is 0 Å². The Hall–Kier alpha value is -3.65. The van der Waals surface area contributed by atoms with Crippen LogP contribution in [-0.4, -0.2) is 38.0 Å². The van der Waals surface area contributed by atoms with Crippen LogP contribution in [-0.2, 0) is 9.53 Å². The molecule has 3 rings (SSSR count). The number of rotatable bonds is 9. The van der Waals surface area contributed by atoms with Crippen molar-refractivity contribution in [2.45, 2.75) is 0 Å². The minimum atomic E-state index is -0.726. The molecule has 0 aliphatic carbocycles. The quantitative estimate of drug-likeness (QED) is 0.345. The van der Waals surface area contributed by atoms with Crippen molar-refractivity contribution in [1.29, 1.82) is 0 Å². The summed E-state index contributed by atoms with van der Waals surface area (Å²) in [6.45, 7) is -0.727. The third-order valence-electron chi connectivity index (χ3n) is 4.34. The van der Waals surface area contributed by atoms with E-state index in [0.29, 0.717) is 17.0 Å². The number of hydrogen-bond donors (Lipinski definition) is 1. The molecule has 0 fully saturated rings. The molecule has 0 aromatic heterocycles. The van der Waals surface area contributed by atoms with Crippen molar-refractivity contribution in [3.63, 3.8) is 0 Å². The largest absolute Gasteiger partial charge is 0.497 e. The van der Waals surface area contributed by atoms with Gasteiger partial charge in [0, 0.05) is 15.7 Å². The van der Waals surface area contributed by atoms with Crippen molar-refractivity contribution >= 4 is 39.3 Å². The number of benzene rings is 3. The SMILES string of the molecule is COc1ccc(C(=O)COC(=O)c2ccccc2OCC(=O)Nc2ccc(Br)cc2)cc1. The van der Waals surface area contributed by atoms with Crippen LogP contribution in [0.15, 0.2) is 77.3 Å². The normalized spacial score (nSPS) is 10.2. The zero-order valence-corrected chi connectivity index (χ0v) is 18.8. The Morgan fingerprint density at radius 3 is 2.25 bits per heavy atom. The van der Waals surface area contributed by atoms with Gasteiger partial charge < -0.3 is 19.5 Å². The number of para-hydroxylation sites is 1. The van der Waals surface area contributed by atoms with Crippen LogP contribution in [0, 0.1) is 0 Å². The molecule has 32 heavy (non-hydrogen) atoms. The maximum Gasteiger partial charge on any atom is 0.342 e. The summed E-state index contributed by atoms with van der Waals surface area (Å²) in [5, 5.41) is 2.70. The molecular weight excluding hydrogens is 478 g/mol. The first-order valence-electron chi connectivity index (χ1n) is 9.58. The monoisotopic (exact) mass is 497 g/mol. The van der Waals surface area contributed by atoms with E-state index in [2.05, 4.69) is 21.2 Å². The molecule has 0 bridgehead atoms. The summed E-state index contributed by atoms with van der Waals surface area (Å²) >= 11 is 3.33. The lowest BCUT2D eigenvalue weighted by atomic mass is 10.1. The number of esters is 1. The average Bonchev–Trinajstić information content (AvgIpc) is 2.82. The molecule has 1 N–H and O–H groups in total. The van der Waals surface area contributed by atoms with Gasteiger partial charge in [0.15, 0.2) is 19.0 Å². The number of carbonyl (C=O) groups is 3. The molecule has 0 saturated carbocycles. The number of hydrogen-bond acceptors (Lipinski definition) is 6. The first-order chi connectivity index (χ1) is 15.5. The molecule has 164 valence electrons. The minimum absolute atomic E-state index is 0.117. The molecule has 1 amide bonds. The topological polar surface area (TPSA) is 90.9 Å². The molecule has 8 heteroatoms. The fourth-order valence-corrected chi connectivity index (χ4v) is 2.97. The summed E-state index contributed by atoms with van der Waals surface area (Å²) in [5.41, 5.74) is 1.13. The van der Waals surface area contributed by atoms with Crippen molar-refractivity contribution in [3.8, 4) is 11.5 Å². The van der Waals surface area contributed by atoms with Gasteiger partial charge in [0.05, 0.1) is 7.11 Å². The van der Waals surface area contributed by atoms with Crippen LogP contribution >= 0.6 is 15.9 Å². The van der Waals surface area contributed by atoms with Gasteiger partial charge in [-0.1, -0.05) is 28.1 Å². The van der Waals surface area contributed by atoms with Crippen LogP contribution in [0.4, 0.5) is 5.69 Å². The zero-order chi connectivity index (χ0) is 22.9. The second-order valence-electron chi connectivity index (χ2n) is 6.57. The van der Waals surface area contributed by atoms with E-state index in [1.54, 1.807) is 66.7 Å². The summed E-state index contributed by atoms with van der Waals surface area (Å²) in [4.78, 5) is 36.9. The summed E-state index contributed by atoms with van der Waals surface area (Å²) < 4.78 is 16.6. The van der Waals surface area contributed by atoms with Gasteiger partial charge in [-0.25, -0.2) is 4.79 Å². The first-order valence-corrected chi connectivity index (χ1v) is 10.4. The number of ketones is 1. The number of halogens is 1. The highest BCUT2D eigenvalue weighted by atomic mass is 79.9. The lowest BCUT2D eigenvalue weighted by molar-refractivity contribution is -0.118. The maximum atomic E-state index is 12.5. The van der Waals surface area contributed by atoms with Crippen LogP contribution in [0.2, 0.25) is 0 Å². The van der Waals surface area contributed by atoms with Crippen molar-refractivity contribution in [2.75, 3.05) is 25.6 Å². The number of carbonyl (C=O) groups excluding carboxylic acids is 3. The molecule has 0 aliphatic rings. The Kier molecular flexibility index (Phi) is 7.99. The predicted octanol–water partition coefficient (Wildman–Crippen LogP) is 4.51. The van der Waals surface area contributed by atoms with Gasteiger partial charge in [-0.2, -0.15) is 0 Å². The van der Waals surface area contributed by atoms with Crippen LogP contribution < -0.4 is 14.8 Å². The van der Waals surface area contributed by atoms with Gasteiger partial charge >= 0.3 is 5.97 Å². The fraction of sp³-hybridized carbons (Fsp3) is 0.125. The highest BCUT2D eigenvalue weighted by molar-refractivity contribution is 9.10. The molecule has 0 unspecified atom stereocenters. The summed E-state index contributed by atoms with van der Waals surface area (Å²) in [6, 6.07) is 19.9. The molecule has 0 heterocycles. The molecule has 0 saturated heterocycles. The van der Waals surface area contributed by atoms with Gasteiger partial charge in [-0.05, 0) is 60.7 Å². The molecule has 3 aromatic carbocycles. The number of anilines is 1. The standard InChI is InChI=1S/C24H20BrNO6/c1-30-19-12-6-16(7-13-19)21(27)14-32-24(29)20-4-2-3-5-22(20)31-15-23(28)26-18-10-8-17(25)9-11-18/h2-13H,14-15H2,1H3,(H,26,28). The molecule has 7 nitrogen and oxygen atoms in total. The first kappa shape index (κ1) is 23.0. The number of amides is 1. The predicted molar refractivity (Wildman–Crippen MR) is 122 cm³/mol. The van der Waals surface area contributed by atoms with E-state index < -0.39 is 12.6 Å². The molecule has 0 atom stereocenters. The number of nitrogens with one attached hydrogen (secondary N) is 1. The molecule has 3 aromatic rings. The van der Waals surface area contributed by atoms with Crippen molar-refractivity contribution in [2.24, 2.45) is 0 Å². The Balaban J connectivity index is 1.56. The third-order valence-corrected chi connectivity index (χ3v) is 4.87. The number of Topliss-reactive ketones (excluding diaryl/α,β-unsaturated/α-hetero) is 1. The van der Waals surface area contributed by atoms with E-state index >= 15 is 0 Å². The van der Waals surface area contributed by atoms with Crippen molar-refractivity contribution in [1.82, 2.24) is 0 Å². The van der Waals surface area contributed by atoms with Gasteiger partial charge in [0.2, 0.25) is 0 Å². The highest BCUT2D eigenvalue weighted by Gasteiger charge is 2.17. The highest BCUT2D eigenvalue weighted by Crippen LogP contribution is 2.20. The van der Waals surface area contributed by atoms with E-state index in [1.165, 1.54) is 13.2 Å². The van der Waals surface area contributed by atoms with Crippen LogP contribution in [0.3, 0.4) is 0 Å². The fourth-order valence-electron chi connectivity index (χ4n) is 2.70. The van der Waals surface area contributed by atoms with Gasteiger partial charge in [0.25, 0.3) is 5.91 Å². The number of methoxy groups -OCH3 is 1. The van der Waals surface area contributed by atoms with E-state index in [9.17, 15) is 14.4 Å². The third kappa shape index (κ3) is 6.42. The van der Waals surface area contributed by atoms with Crippen molar-refractivity contribution < 1.29 is 28.6 Å². The molecular formula is C24H20BrNO6. The van der Waals surface area contributed by atoms with E-state index in [1.807, 2.05) is 0 Å².